The molecule has 2 aromatic heterocycles. The van der Waals surface area contributed by atoms with Crippen LogP contribution in [0.15, 0.2) is 40.8 Å². The molecule has 1 aromatic carbocycles. The van der Waals surface area contributed by atoms with E-state index in [1.165, 1.54) is 11.3 Å². The van der Waals surface area contributed by atoms with Crippen LogP contribution in [0.3, 0.4) is 0 Å². The number of rotatable bonds is 3. The third-order valence-corrected chi connectivity index (χ3v) is 4.55. The number of hydrogen-bond donors (Lipinski definition) is 2. The van der Waals surface area contributed by atoms with Gasteiger partial charge in [0.05, 0.1) is 10.4 Å². The molecule has 0 spiro atoms. The molecule has 21 heavy (non-hydrogen) atoms. The summed E-state index contributed by atoms with van der Waals surface area (Å²) in [6.07, 6.45) is 0. The molecular weight excluding hydrogens is 308 g/mol. The lowest BCUT2D eigenvalue weighted by atomic mass is 10.2. The average molecular weight is 321 g/mol. The minimum Gasteiger partial charge on any atom is -0.451 e. The number of amides is 1. The summed E-state index contributed by atoms with van der Waals surface area (Å²) in [5.74, 6) is 0.00639. The van der Waals surface area contributed by atoms with Crippen molar-refractivity contribution in [1.29, 1.82) is 0 Å². The average Bonchev–Trinajstić information content (AvgIpc) is 3.04. The number of anilines is 1. The van der Waals surface area contributed by atoms with E-state index in [-0.39, 0.29) is 17.7 Å². The van der Waals surface area contributed by atoms with Crippen molar-refractivity contribution in [1.82, 2.24) is 5.32 Å². The van der Waals surface area contributed by atoms with Gasteiger partial charge in [-0.25, -0.2) is 0 Å². The Hall–Kier alpha value is -1.98. The molecule has 108 valence electrons. The largest absolute Gasteiger partial charge is 0.451 e. The number of carbonyl (C=O) groups is 1. The van der Waals surface area contributed by atoms with Crippen LogP contribution >= 0.6 is 22.9 Å². The van der Waals surface area contributed by atoms with Gasteiger partial charge in [-0.05, 0) is 43.3 Å². The number of nitrogen functional groups attached to an aromatic ring is 1. The predicted molar refractivity (Wildman–Crippen MR) is 85.8 cm³/mol. The number of benzene rings is 1. The van der Waals surface area contributed by atoms with E-state index in [0.29, 0.717) is 15.6 Å². The van der Waals surface area contributed by atoms with E-state index in [2.05, 4.69) is 5.32 Å². The third kappa shape index (κ3) is 2.89. The highest BCUT2D eigenvalue weighted by Gasteiger charge is 2.16. The van der Waals surface area contributed by atoms with Gasteiger partial charge in [0.1, 0.15) is 5.58 Å². The Balaban J connectivity index is 1.80. The topological polar surface area (TPSA) is 68.3 Å². The first-order valence-corrected chi connectivity index (χ1v) is 7.57. The molecule has 0 radical (unpaired) electrons. The normalized spacial score (nSPS) is 12.5. The van der Waals surface area contributed by atoms with Crippen molar-refractivity contribution in [2.24, 2.45) is 0 Å². The number of carbonyl (C=O) groups excluding carboxylic acids is 1. The molecule has 3 N–H and O–H groups in total. The summed E-state index contributed by atoms with van der Waals surface area (Å²) in [5.41, 5.74) is 6.99. The van der Waals surface area contributed by atoms with Gasteiger partial charge in [0.25, 0.3) is 5.91 Å². The van der Waals surface area contributed by atoms with Gasteiger partial charge in [-0.2, -0.15) is 0 Å². The minimum absolute atomic E-state index is 0.131. The summed E-state index contributed by atoms with van der Waals surface area (Å²) >= 11 is 7.35. The minimum atomic E-state index is -0.262. The lowest BCUT2D eigenvalue weighted by Gasteiger charge is -2.10. The first kappa shape index (κ1) is 14.0. The van der Waals surface area contributed by atoms with Crippen LogP contribution < -0.4 is 11.1 Å². The summed E-state index contributed by atoms with van der Waals surface area (Å²) in [6, 6.07) is 10.5. The monoisotopic (exact) mass is 320 g/mol. The molecule has 0 bridgehead atoms. The molecular formula is C15H13ClN2O2S. The second kappa shape index (κ2) is 5.42. The maximum Gasteiger partial charge on any atom is 0.287 e. The van der Waals surface area contributed by atoms with Crippen molar-refractivity contribution in [3.05, 3.63) is 51.4 Å². The summed E-state index contributed by atoms with van der Waals surface area (Å²) in [7, 11) is 0. The van der Waals surface area contributed by atoms with Crippen molar-refractivity contribution in [3.8, 4) is 0 Å². The standard InChI is InChI=1S/C15H13ClN2O2S/c1-8(13-4-5-14(16)21-13)18-15(19)12-7-9-6-10(17)2-3-11(9)20-12/h2-8H,17H2,1H3,(H,18,19). The predicted octanol–water partition coefficient (Wildman–Crippen LogP) is 4.22. The van der Waals surface area contributed by atoms with E-state index in [0.717, 1.165) is 10.3 Å². The molecule has 2 heterocycles. The van der Waals surface area contributed by atoms with Crippen LogP contribution in [-0.2, 0) is 0 Å². The molecule has 0 saturated carbocycles. The fourth-order valence-electron chi connectivity index (χ4n) is 2.07. The van der Waals surface area contributed by atoms with E-state index in [4.69, 9.17) is 21.8 Å². The number of fused-ring (bicyclic) bond motifs is 1. The maximum absolute atomic E-state index is 12.2. The van der Waals surface area contributed by atoms with Crippen molar-refractivity contribution in [2.75, 3.05) is 5.73 Å². The van der Waals surface area contributed by atoms with Crippen molar-refractivity contribution < 1.29 is 9.21 Å². The van der Waals surface area contributed by atoms with Gasteiger partial charge in [-0.3, -0.25) is 4.79 Å². The van der Waals surface area contributed by atoms with Crippen LogP contribution in [0.1, 0.15) is 28.4 Å². The van der Waals surface area contributed by atoms with E-state index in [1.54, 1.807) is 24.3 Å². The zero-order chi connectivity index (χ0) is 15.0. The summed E-state index contributed by atoms with van der Waals surface area (Å²) < 4.78 is 6.24. The van der Waals surface area contributed by atoms with Crippen LogP contribution in [0.2, 0.25) is 4.34 Å². The Morgan fingerprint density at radius 3 is 2.86 bits per heavy atom. The molecule has 1 amide bonds. The van der Waals surface area contributed by atoms with Crippen LogP contribution in [0.25, 0.3) is 11.0 Å². The first-order chi connectivity index (χ1) is 10.0. The highest BCUT2D eigenvalue weighted by Crippen LogP contribution is 2.27. The molecule has 3 aromatic rings. The Labute approximate surface area is 130 Å². The Morgan fingerprint density at radius 2 is 2.14 bits per heavy atom. The summed E-state index contributed by atoms with van der Waals surface area (Å²) in [4.78, 5) is 13.2. The lowest BCUT2D eigenvalue weighted by molar-refractivity contribution is 0.0914. The molecule has 6 heteroatoms. The molecule has 0 aliphatic carbocycles. The van der Waals surface area contributed by atoms with Gasteiger partial charge < -0.3 is 15.5 Å². The Morgan fingerprint density at radius 1 is 1.33 bits per heavy atom. The first-order valence-electron chi connectivity index (χ1n) is 6.38. The Kier molecular flexibility index (Phi) is 3.61. The summed E-state index contributed by atoms with van der Waals surface area (Å²) in [5, 5.41) is 3.70. The van der Waals surface area contributed by atoms with Gasteiger partial charge in [-0.1, -0.05) is 11.6 Å². The number of nitrogens with one attached hydrogen (secondary N) is 1. The molecule has 1 unspecified atom stereocenters. The van der Waals surface area contributed by atoms with Crippen LogP contribution in [0, 0.1) is 0 Å². The van der Waals surface area contributed by atoms with Crippen molar-refractivity contribution >= 4 is 45.5 Å². The van der Waals surface area contributed by atoms with Crippen LogP contribution in [-0.4, -0.2) is 5.91 Å². The Bertz CT molecular complexity index is 809. The van der Waals surface area contributed by atoms with E-state index >= 15 is 0 Å². The number of nitrogens with two attached hydrogens (primary N) is 1. The number of hydrogen-bond acceptors (Lipinski definition) is 4. The van der Waals surface area contributed by atoms with Crippen LogP contribution in [0.4, 0.5) is 5.69 Å². The molecule has 0 aliphatic rings. The highest BCUT2D eigenvalue weighted by molar-refractivity contribution is 7.16. The van der Waals surface area contributed by atoms with Gasteiger partial charge in [0.15, 0.2) is 5.76 Å². The molecule has 0 saturated heterocycles. The van der Waals surface area contributed by atoms with Gasteiger partial charge in [-0.15, -0.1) is 11.3 Å². The number of thiophene rings is 1. The SMILES string of the molecule is CC(NC(=O)c1cc2cc(N)ccc2o1)c1ccc(Cl)s1. The molecule has 4 nitrogen and oxygen atoms in total. The lowest BCUT2D eigenvalue weighted by Crippen LogP contribution is -2.25. The van der Waals surface area contributed by atoms with E-state index in [9.17, 15) is 4.79 Å². The fourth-order valence-corrected chi connectivity index (χ4v) is 3.14. The molecule has 0 aliphatic heterocycles. The van der Waals surface area contributed by atoms with E-state index < -0.39 is 0 Å². The van der Waals surface area contributed by atoms with Gasteiger partial charge >= 0.3 is 0 Å². The van der Waals surface area contributed by atoms with E-state index in [1.807, 2.05) is 19.1 Å². The molecule has 1 atom stereocenters. The quantitative estimate of drug-likeness (QED) is 0.710. The third-order valence-electron chi connectivity index (χ3n) is 3.13. The fraction of sp³-hybridized carbons (Fsp3) is 0.133. The van der Waals surface area contributed by atoms with Crippen LogP contribution in [0.5, 0.6) is 0 Å². The number of furan rings is 1. The zero-order valence-corrected chi connectivity index (χ0v) is 12.8. The smallest absolute Gasteiger partial charge is 0.287 e. The van der Waals surface area contributed by atoms with Gasteiger partial charge in [0, 0.05) is 16.0 Å². The highest BCUT2D eigenvalue weighted by atomic mass is 35.5. The molecule has 3 rings (SSSR count). The number of halogens is 1. The maximum atomic E-state index is 12.2. The van der Waals surface area contributed by atoms with Crippen molar-refractivity contribution in [3.63, 3.8) is 0 Å². The zero-order valence-electron chi connectivity index (χ0n) is 11.2. The second-order valence-corrected chi connectivity index (χ2v) is 6.49. The second-order valence-electron chi connectivity index (χ2n) is 4.74. The van der Waals surface area contributed by atoms with Crippen molar-refractivity contribution in [2.45, 2.75) is 13.0 Å². The summed E-state index contributed by atoms with van der Waals surface area (Å²) in [6.45, 7) is 1.90. The molecule has 0 fully saturated rings. The van der Waals surface area contributed by atoms with Gasteiger partial charge in [0.2, 0.25) is 0 Å².